The molecule has 14 nitrogen and oxygen atoms in total. The average molecular weight is 660 g/mol. The fraction of sp³-hybridized carbons (Fsp3) is 0.560. The molecule has 3 aromatic rings. The predicted molar refractivity (Wildman–Crippen MR) is 149 cm³/mol. The SMILES string of the molecule is CC1(C)OC2[C@@H](COP(=O)(O)CP(=O)(O)O)O[C@@H](n3cnc4c(N5CC6(CCc7ccc(F)cc76)C5)nc(Cl)nc43)[C@H]2O1. The first-order valence-corrected chi connectivity index (χ1v) is 17.5. The second-order valence-electron chi connectivity index (χ2n) is 11.9. The number of fused-ring (bicyclic) bond motifs is 4. The van der Waals surface area contributed by atoms with Gasteiger partial charge in [-0.1, -0.05) is 6.07 Å². The van der Waals surface area contributed by atoms with Gasteiger partial charge in [-0.05, 0) is 61.5 Å². The summed E-state index contributed by atoms with van der Waals surface area (Å²) < 4.78 is 62.6. The van der Waals surface area contributed by atoms with Crippen LogP contribution in [0.2, 0.25) is 5.28 Å². The molecule has 3 aliphatic heterocycles. The molecule has 5 atom stereocenters. The van der Waals surface area contributed by atoms with Crippen LogP contribution in [-0.4, -0.2) is 83.9 Å². The number of aryl methyl sites for hydroxylation is 1. The number of aromatic nitrogens is 4. The second kappa shape index (κ2) is 9.98. The molecule has 43 heavy (non-hydrogen) atoms. The van der Waals surface area contributed by atoms with Gasteiger partial charge in [0.1, 0.15) is 24.1 Å². The molecule has 3 N–H and O–H groups in total. The first-order chi connectivity index (χ1) is 20.1. The molecule has 3 saturated heterocycles. The monoisotopic (exact) mass is 659 g/mol. The van der Waals surface area contributed by atoms with E-state index in [1.54, 1.807) is 24.5 Å². The molecule has 18 heteroatoms. The molecule has 232 valence electrons. The van der Waals surface area contributed by atoms with Crippen LogP contribution >= 0.6 is 26.8 Å². The van der Waals surface area contributed by atoms with E-state index in [0.717, 1.165) is 24.0 Å². The summed E-state index contributed by atoms with van der Waals surface area (Å²) in [5.41, 5.74) is 2.84. The van der Waals surface area contributed by atoms with Gasteiger partial charge in [-0.2, -0.15) is 9.97 Å². The van der Waals surface area contributed by atoms with E-state index in [-0.39, 0.29) is 16.5 Å². The van der Waals surface area contributed by atoms with E-state index in [1.165, 1.54) is 12.4 Å². The Bertz CT molecular complexity index is 1710. The van der Waals surface area contributed by atoms with Crippen molar-refractivity contribution >= 4 is 43.8 Å². The van der Waals surface area contributed by atoms with Gasteiger partial charge >= 0.3 is 15.2 Å². The van der Waals surface area contributed by atoms with Crippen LogP contribution in [0.5, 0.6) is 0 Å². The summed E-state index contributed by atoms with van der Waals surface area (Å²) in [6.45, 7) is 4.16. The normalized spacial score (nSPS) is 28.7. The number of imidazole rings is 1. The van der Waals surface area contributed by atoms with Crippen LogP contribution in [0, 0.1) is 5.82 Å². The van der Waals surface area contributed by atoms with Crippen LogP contribution in [0.4, 0.5) is 10.2 Å². The van der Waals surface area contributed by atoms with E-state index in [9.17, 15) is 18.4 Å². The van der Waals surface area contributed by atoms with Gasteiger partial charge in [-0.15, -0.1) is 0 Å². The van der Waals surface area contributed by atoms with Gasteiger partial charge in [0.05, 0.1) is 12.9 Å². The highest BCUT2D eigenvalue weighted by Gasteiger charge is 2.57. The zero-order chi connectivity index (χ0) is 30.5. The van der Waals surface area contributed by atoms with Gasteiger partial charge in [-0.3, -0.25) is 13.7 Å². The van der Waals surface area contributed by atoms with Crippen LogP contribution in [0.3, 0.4) is 0 Å². The van der Waals surface area contributed by atoms with Crippen molar-refractivity contribution in [2.75, 3.05) is 30.5 Å². The van der Waals surface area contributed by atoms with Gasteiger partial charge in [0, 0.05) is 18.5 Å². The molecule has 4 aliphatic rings. The quantitative estimate of drug-likeness (QED) is 0.249. The molecule has 0 saturated carbocycles. The summed E-state index contributed by atoms with van der Waals surface area (Å²) in [6, 6.07) is 4.97. The van der Waals surface area contributed by atoms with Crippen molar-refractivity contribution in [2.24, 2.45) is 0 Å². The molecule has 2 aromatic heterocycles. The molecule has 2 unspecified atom stereocenters. The minimum absolute atomic E-state index is 0.0138. The third-order valence-corrected chi connectivity index (χ3v) is 12.0. The summed E-state index contributed by atoms with van der Waals surface area (Å²) >= 11 is 6.40. The largest absolute Gasteiger partial charge is 0.353 e. The Labute approximate surface area is 249 Å². The van der Waals surface area contributed by atoms with Crippen LogP contribution in [0.25, 0.3) is 11.2 Å². The topological polar surface area (TPSA) is 179 Å². The Kier molecular flexibility index (Phi) is 6.89. The third kappa shape index (κ3) is 5.33. The summed E-state index contributed by atoms with van der Waals surface area (Å²) in [5.74, 6) is -2.08. The van der Waals surface area contributed by atoms with E-state index < -0.39 is 58.0 Å². The number of halogens is 2. The number of benzene rings is 1. The average Bonchev–Trinajstić information content (AvgIpc) is 3.60. The fourth-order valence-corrected chi connectivity index (χ4v) is 9.42. The Morgan fingerprint density at radius 1 is 1.16 bits per heavy atom. The first kappa shape index (κ1) is 29.7. The van der Waals surface area contributed by atoms with Gasteiger partial charge in [-0.25, -0.2) is 9.37 Å². The van der Waals surface area contributed by atoms with Gasteiger partial charge < -0.3 is 38.3 Å². The Balaban J connectivity index is 1.16. The maximum Gasteiger partial charge on any atom is 0.340 e. The first-order valence-electron chi connectivity index (χ1n) is 13.6. The highest BCUT2D eigenvalue weighted by molar-refractivity contribution is 7.70. The number of rotatable bonds is 7. The van der Waals surface area contributed by atoms with Crippen molar-refractivity contribution in [1.82, 2.24) is 19.5 Å². The summed E-state index contributed by atoms with van der Waals surface area (Å²) in [6.07, 6.45) is 0.0478. The Hall–Kier alpha value is -2.03. The number of nitrogens with zero attached hydrogens (tertiary/aromatic N) is 5. The lowest BCUT2D eigenvalue weighted by atomic mass is 9.74. The van der Waals surface area contributed by atoms with Crippen LogP contribution in [-0.2, 0) is 39.7 Å². The van der Waals surface area contributed by atoms with E-state index in [1.807, 2.05) is 11.0 Å². The molecule has 1 aliphatic carbocycles. The van der Waals surface area contributed by atoms with Crippen LogP contribution < -0.4 is 4.90 Å². The smallest absolute Gasteiger partial charge is 0.340 e. The van der Waals surface area contributed by atoms with Gasteiger partial charge in [0.2, 0.25) is 5.28 Å². The summed E-state index contributed by atoms with van der Waals surface area (Å²) in [7, 11) is -9.44. The van der Waals surface area contributed by atoms with Crippen molar-refractivity contribution in [3.8, 4) is 0 Å². The van der Waals surface area contributed by atoms with E-state index in [2.05, 4.69) is 15.0 Å². The van der Waals surface area contributed by atoms with Crippen molar-refractivity contribution in [3.63, 3.8) is 0 Å². The maximum atomic E-state index is 14.1. The predicted octanol–water partition coefficient (Wildman–Crippen LogP) is 3.08. The number of hydrogen-bond donors (Lipinski definition) is 3. The summed E-state index contributed by atoms with van der Waals surface area (Å²) in [4.78, 5) is 43.7. The Morgan fingerprint density at radius 3 is 2.65 bits per heavy atom. The third-order valence-electron chi connectivity index (χ3n) is 8.38. The van der Waals surface area contributed by atoms with Crippen molar-refractivity contribution in [3.05, 3.63) is 46.8 Å². The number of ether oxygens (including phenoxy) is 3. The molecule has 0 bridgehead atoms. The molecule has 5 heterocycles. The zero-order valence-electron chi connectivity index (χ0n) is 23.0. The number of anilines is 1. The molecule has 0 amide bonds. The molecule has 1 spiro atoms. The van der Waals surface area contributed by atoms with Crippen LogP contribution in [0.15, 0.2) is 24.5 Å². The molecule has 3 fully saturated rings. The molecule has 7 rings (SSSR count). The number of hydrogen-bond acceptors (Lipinski definition) is 10. The lowest BCUT2D eigenvalue weighted by Crippen LogP contribution is -2.58. The summed E-state index contributed by atoms with van der Waals surface area (Å²) in [5, 5.41) is -0.0138. The van der Waals surface area contributed by atoms with Crippen molar-refractivity contribution in [2.45, 2.75) is 62.4 Å². The lowest BCUT2D eigenvalue weighted by molar-refractivity contribution is -0.199. The molecule has 1 aromatic carbocycles. The van der Waals surface area contributed by atoms with Crippen molar-refractivity contribution < 1.29 is 46.9 Å². The minimum Gasteiger partial charge on any atom is -0.353 e. The standard InChI is InChI=1S/C25H29ClFN5O9P2/c1-24(2)40-18-16(8-38-43(36,37)12-42(33,34)35)39-22(19(18)41-24)32-11-28-17-20(29-23(26)30-21(17)32)31-9-25(10-31)6-5-13-3-4-14(27)7-15(13)25/h3-4,7,11,16,18-19,22H,5-6,8-10,12H2,1-2H3,(H,36,37)(H2,33,34,35)/t16-,18?,19+,22-/m1/s1. The van der Waals surface area contributed by atoms with E-state index in [0.29, 0.717) is 30.1 Å². The molecule has 0 radical (unpaired) electrons. The van der Waals surface area contributed by atoms with Crippen molar-refractivity contribution in [1.29, 1.82) is 0 Å². The van der Waals surface area contributed by atoms with Gasteiger partial charge in [0.25, 0.3) is 0 Å². The minimum atomic E-state index is -4.81. The maximum absolute atomic E-state index is 14.1. The van der Waals surface area contributed by atoms with E-state index in [4.69, 9.17) is 40.1 Å². The van der Waals surface area contributed by atoms with E-state index >= 15 is 0 Å². The Morgan fingerprint density at radius 2 is 1.91 bits per heavy atom. The second-order valence-corrected chi connectivity index (χ2v) is 16.3. The molecular weight excluding hydrogens is 631 g/mol. The lowest BCUT2D eigenvalue weighted by Gasteiger charge is -2.49. The highest BCUT2D eigenvalue weighted by atomic mass is 35.5. The van der Waals surface area contributed by atoms with Gasteiger partial charge in [0.15, 0.2) is 34.9 Å². The fourth-order valence-electron chi connectivity index (χ4n) is 6.69. The zero-order valence-corrected chi connectivity index (χ0v) is 25.6. The highest BCUT2D eigenvalue weighted by Crippen LogP contribution is 2.56. The van der Waals surface area contributed by atoms with Crippen LogP contribution in [0.1, 0.15) is 37.6 Å². The molecular formula is C25H29ClFN5O9P2.